The number of aromatic nitrogens is 2. The molecule has 1 saturated heterocycles. The summed E-state index contributed by atoms with van der Waals surface area (Å²) in [7, 11) is -1.37. The predicted molar refractivity (Wildman–Crippen MR) is 74.2 cm³/mol. The minimum absolute atomic E-state index is 0.208. The minimum Gasteiger partial charge on any atom is -0.316 e. The van der Waals surface area contributed by atoms with Gasteiger partial charge in [0, 0.05) is 24.8 Å². The van der Waals surface area contributed by atoms with E-state index in [4.69, 9.17) is 0 Å². The average molecular weight is 286 g/mol. The van der Waals surface area contributed by atoms with Gasteiger partial charge < -0.3 is 5.32 Å². The lowest BCUT2D eigenvalue weighted by molar-refractivity contribution is 0.402. The van der Waals surface area contributed by atoms with E-state index in [-0.39, 0.29) is 11.7 Å². The number of aryl methyl sites for hydroxylation is 1. The van der Waals surface area contributed by atoms with E-state index in [2.05, 4.69) is 15.1 Å². The zero-order valence-electron chi connectivity index (χ0n) is 11.5. The molecule has 7 heteroatoms. The summed E-state index contributed by atoms with van der Waals surface area (Å²) in [6, 6.07) is 0. The largest absolute Gasteiger partial charge is 0.316 e. The van der Waals surface area contributed by atoms with Crippen LogP contribution in [0, 0.1) is 12.8 Å². The maximum atomic E-state index is 12.0. The highest BCUT2D eigenvalue weighted by Crippen LogP contribution is 2.12. The number of sulfonamides is 1. The van der Waals surface area contributed by atoms with E-state index in [1.807, 2.05) is 14.0 Å². The van der Waals surface area contributed by atoms with Crippen molar-refractivity contribution in [2.75, 3.05) is 18.8 Å². The Hall–Kier alpha value is -0.920. The Bertz CT molecular complexity index is 518. The molecule has 0 radical (unpaired) electrons. The molecule has 19 heavy (non-hydrogen) atoms. The van der Waals surface area contributed by atoms with Gasteiger partial charge in [-0.05, 0) is 38.8 Å². The molecule has 0 spiro atoms. The van der Waals surface area contributed by atoms with Crippen LogP contribution in [-0.4, -0.2) is 37.0 Å². The third-order valence-corrected chi connectivity index (χ3v) is 5.17. The molecule has 1 unspecified atom stereocenters. The van der Waals surface area contributed by atoms with Crippen molar-refractivity contribution in [2.24, 2.45) is 13.0 Å². The lowest BCUT2D eigenvalue weighted by atomic mass is 10.0. The molecule has 0 saturated carbocycles. The summed E-state index contributed by atoms with van der Waals surface area (Å²) < 4.78 is 28.5. The van der Waals surface area contributed by atoms with E-state index in [0.717, 1.165) is 37.2 Å². The van der Waals surface area contributed by atoms with Crippen LogP contribution in [0.25, 0.3) is 0 Å². The molecule has 6 nitrogen and oxygen atoms in total. The number of hydrogen-bond donors (Lipinski definition) is 2. The number of hydrogen-bond acceptors (Lipinski definition) is 4. The summed E-state index contributed by atoms with van der Waals surface area (Å²) in [6.45, 7) is 4.05. The van der Waals surface area contributed by atoms with Gasteiger partial charge >= 0.3 is 0 Å². The number of nitrogens with zero attached hydrogens (tertiary/aromatic N) is 2. The quantitative estimate of drug-likeness (QED) is 0.808. The monoisotopic (exact) mass is 286 g/mol. The maximum Gasteiger partial charge on any atom is 0.212 e. The highest BCUT2D eigenvalue weighted by Gasteiger charge is 2.21. The second-order valence-electron chi connectivity index (χ2n) is 5.19. The van der Waals surface area contributed by atoms with Gasteiger partial charge in [-0.2, -0.15) is 5.10 Å². The van der Waals surface area contributed by atoms with Crippen LogP contribution in [0.4, 0.5) is 0 Å². The van der Waals surface area contributed by atoms with Crippen LogP contribution in [0.5, 0.6) is 0 Å². The lowest BCUT2D eigenvalue weighted by Crippen LogP contribution is -2.37. The molecule has 0 aliphatic carbocycles. The Labute approximate surface area is 114 Å². The van der Waals surface area contributed by atoms with E-state index in [1.165, 1.54) is 0 Å². The van der Waals surface area contributed by atoms with Crippen molar-refractivity contribution in [2.45, 2.75) is 26.3 Å². The molecule has 1 aromatic rings. The first-order valence-corrected chi connectivity index (χ1v) is 8.29. The van der Waals surface area contributed by atoms with Gasteiger partial charge in [0.1, 0.15) is 0 Å². The Kier molecular flexibility index (Phi) is 4.59. The van der Waals surface area contributed by atoms with Gasteiger partial charge in [-0.15, -0.1) is 0 Å². The van der Waals surface area contributed by atoms with Gasteiger partial charge in [0.05, 0.1) is 11.9 Å². The number of piperidine rings is 1. The lowest BCUT2D eigenvalue weighted by Gasteiger charge is -2.22. The second-order valence-corrected chi connectivity index (χ2v) is 7.05. The van der Waals surface area contributed by atoms with Crippen LogP contribution in [0.15, 0.2) is 6.20 Å². The minimum atomic E-state index is -3.21. The van der Waals surface area contributed by atoms with Crippen LogP contribution in [0.2, 0.25) is 0 Å². The molecule has 0 aromatic carbocycles. The van der Waals surface area contributed by atoms with Crippen molar-refractivity contribution in [1.29, 1.82) is 0 Å². The van der Waals surface area contributed by atoms with E-state index in [9.17, 15) is 8.42 Å². The molecule has 1 aliphatic rings. The molecule has 1 aromatic heterocycles. The second kappa shape index (κ2) is 6.02. The van der Waals surface area contributed by atoms with Crippen LogP contribution in [0.3, 0.4) is 0 Å². The summed E-state index contributed by atoms with van der Waals surface area (Å²) in [4.78, 5) is 0. The van der Waals surface area contributed by atoms with Gasteiger partial charge in [-0.25, -0.2) is 13.1 Å². The van der Waals surface area contributed by atoms with Crippen LogP contribution in [0.1, 0.15) is 24.1 Å². The summed E-state index contributed by atoms with van der Waals surface area (Å²) >= 11 is 0. The summed E-state index contributed by atoms with van der Waals surface area (Å²) in [6.07, 6.45) is 3.75. The third-order valence-electron chi connectivity index (χ3n) is 3.67. The maximum absolute atomic E-state index is 12.0. The van der Waals surface area contributed by atoms with Crippen molar-refractivity contribution in [3.63, 3.8) is 0 Å². The zero-order chi connectivity index (χ0) is 13.9. The van der Waals surface area contributed by atoms with Crippen LogP contribution >= 0.6 is 0 Å². The molecule has 0 amide bonds. The molecule has 0 bridgehead atoms. The van der Waals surface area contributed by atoms with Gasteiger partial charge in [0.2, 0.25) is 10.0 Å². The smallest absolute Gasteiger partial charge is 0.212 e. The topological polar surface area (TPSA) is 76.0 Å². The molecule has 1 atom stereocenters. The fourth-order valence-corrected chi connectivity index (χ4v) is 3.74. The third kappa shape index (κ3) is 4.02. The summed E-state index contributed by atoms with van der Waals surface area (Å²) in [5.74, 6) is 0.431. The fraction of sp³-hybridized carbons (Fsp3) is 0.750. The zero-order valence-corrected chi connectivity index (χ0v) is 12.3. The highest BCUT2D eigenvalue weighted by atomic mass is 32.2. The fourth-order valence-electron chi connectivity index (χ4n) is 2.34. The molecular weight excluding hydrogens is 264 g/mol. The van der Waals surface area contributed by atoms with Crippen LogP contribution < -0.4 is 10.0 Å². The van der Waals surface area contributed by atoms with Gasteiger partial charge in [0.25, 0.3) is 0 Å². The summed E-state index contributed by atoms with van der Waals surface area (Å²) in [5.41, 5.74) is 1.91. The molecule has 108 valence electrons. The first-order chi connectivity index (χ1) is 8.98. The average Bonchev–Trinajstić information content (AvgIpc) is 2.68. The molecule has 1 aliphatic heterocycles. The van der Waals surface area contributed by atoms with Crippen molar-refractivity contribution in [1.82, 2.24) is 19.8 Å². The normalized spacial score (nSPS) is 20.6. The molecular formula is C12H22N4O2S. The van der Waals surface area contributed by atoms with E-state index >= 15 is 0 Å². The van der Waals surface area contributed by atoms with Crippen molar-refractivity contribution in [3.8, 4) is 0 Å². The Morgan fingerprint density at radius 3 is 2.95 bits per heavy atom. The van der Waals surface area contributed by atoms with Crippen molar-refractivity contribution in [3.05, 3.63) is 17.5 Å². The molecule has 2 N–H and O–H groups in total. The Balaban J connectivity index is 1.88. The summed E-state index contributed by atoms with van der Waals surface area (Å²) in [5, 5.41) is 7.34. The standard InChI is InChI=1S/C12H22N4O2S/c1-10-12(7-14-16(10)2)8-15-19(17,18)9-11-4-3-5-13-6-11/h7,11,13,15H,3-6,8-9H2,1-2H3. The van der Waals surface area contributed by atoms with Gasteiger partial charge in [0.15, 0.2) is 0 Å². The molecule has 1 fully saturated rings. The molecule has 2 rings (SSSR count). The van der Waals surface area contributed by atoms with E-state index < -0.39 is 10.0 Å². The Morgan fingerprint density at radius 1 is 1.58 bits per heavy atom. The number of rotatable bonds is 5. The molecule has 2 heterocycles. The first-order valence-electron chi connectivity index (χ1n) is 6.63. The SMILES string of the molecule is Cc1c(CNS(=O)(=O)CC2CCCNC2)cnn1C. The van der Waals surface area contributed by atoms with Crippen LogP contribution in [-0.2, 0) is 23.6 Å². The Morgan fingerprint density at radius 2 is 2.37 bits per heavy atom. The predicted octanol–water partition coefficient (Wildman–Crippen LogP) is 0.148. The van der Waals surface area contributed by atoms with E-state index in [0.29, 0.717) is 6.54 Å². The van der Waals surface area contributed by atoms with Gasteiger partial charge in [-0.3, -0.25) is 4.68 Å². The van der Waals surface area contributed by atoms with Crippen molar-refractivity contribution >= 4 is 10.0 Å². The van der Waals surface area contributed by atoms with E-state index in [1.54, 1.807) is 10.9 Å². The van der Waals surface area contributed by atoms with Gasteiger partial charge in [-0.1, -0.05) is 0 Å². The first kappa shape index (κ1) is 14.5. The number of nitrogens with one attached hydrogen (secondary N) is 2. The van der Waals surface area contributed by atoms with Crippen molar-refractivity contribution < 1.29 is 8.42 Å². The highest BCUT2D eigenvalue weighted by molar-refractivity contribution is 7.89.